The molecule has 1 fully saturated rings. The van der Waals surface area contributed by atoms with E-state index in [1.54, 1.807) is 10.6 Å². The SMILES string of the molecule is Cc1nc2cccc(C(=O)N3CCC(c4ccc(F)cc4)C3(C)C)n2n1. The minimum absolute atomic E-state index is 0.0601. The summed E-state index contributed by atoms with van der Waals surface area (Å²) in [5.74, 6) is 0.486. The van der Waals surface area contributed by atoms with Crippen molar-refractivity contribution >= 4 is 11.6 Å². The van der Waals surface area contributed by atoms with Crippen molar-refractivity contribution in [2.45, 2.75) is 38.6 Å². The van der Waals surface area contributed by atoms with Crippen LogP contribution < -0.4 is 0 Å². The van der Waals surface area contributed by atoms with Gasteiger partial charge in [-0.1, -0.05) is 18.2 Å². The van der Waals surface area contributed by atoms with Crippen molar-refractivity contribution in [1.82, 2.24) is 19.5 Å². The van der Waals surface area contributed by atoms with Gasteiger partial charge in [0.1, 0.15) is 17.3 Å². The first-order chi connectivity index (χ1) is 12.4. The van der Waals surface area contributed by atoms with E-state index in [1.807, 2.05) is 36.1 Å². The molecule has 0 bridgehead atoms. The molecule has 0 spiro atoms. The minimum atomic E-state index is -0.382. The number of aromatic nitrogens is 3. The fraction of sp³-hybridized carbons (Fsp3) is 0.350. The molecule has 3 aromatic rings. The summed E-state index contributed by atoms with van der Waals surface area (Å²) < 4.78 is 14.9. The molecule has 4 rings (SSSR count). The third-order valence-corrected chi connectivity index (χ3v) is 5.39. The van der Waals surface area contributed by atoms with Gasteiger partial charge in [0.25, 0.3) is 5.91 Å². The van der Waals surface area contributed by atoms with E-state index in [1.165, 1.54) is 12.1 Å². The Morgan fingerprint density at radius 1 is 1.19 bits per heavy atom. The van der Waals surface area contributed by atoms with Crippen LogP contribution in [0.5, 0.6) is 0 Å². The summed E-state index contributed by atoms with van der Waals surface area (Å²) in [6.45, 7) is 6.60. The molecule has 1 saturated heterocycles. The van der Waals surface area contributed by atoms with Gasteiger partial charge in [0.15, 0.2) is 5.65 Å². The van der Waals surface area contributed by atoms with Gasteiger partial charge in [-0.2, -0.15) is 5.10 Å². The molecule has 0 saturated carbocycles. The molecule has 2 aromatic heterocycles. The summed E-state index contributed by atoms with van der Waals surface area (Å²) in [5, 5.41) is 4.36. The highest BCUT2D eigenvalue weighted by Crippen LogP contribution is 2.42. The van der Waals surface area contributed by atoms with Crippen molar-refractivity contribution in [3.05, 3.63) is 65.4 Å². The van der Waals surface area contributed by atoms with Crippen molar-refractivity contribution < 1.29 is 9.18 Å². The van der Waals surface area contributed by atoms with Crippen LogP contribution in [-0.2, 0) is 0 Å². The molecule has 0 N–H and O–H groups in total. The van der Waals surface area contributed by atoms with Crippen molar-refractivity contribution in [3.8, 4) is 0 Å². The van der Waals surface area contributed by atoms with Gasteiger partial charge in [-0.05, 0) is 57.0 Å². The number of amides is 1. The second-order valence-corrected chi connectivity index (χ2v) is 7.34. The van der Waals surface area contributed by atoms with E-state index in [9.17, 15) is 9.18 Å². The molecule has 5 nitrogen and oxygen atoms in total. The fourth-order valence-corrected chi connectivity index (χ4v) is 4.03. The average Bonchev–Trinajstić information content (AvgIpc) is 3.13. The first-order valence-electron chi connectivity index (χ1n) is 8.78. The van der Waals surface area contributed by atoms with Crippen LogP contribution in [0.1, 0.15) is 48.1 Å². The van der Waals surface area contributed by atoms with E-state index in [0.29, 0.717) is 23.7 Å². The van der Waals surface area contributed by atoms with Crippen LogP contribution in [0.4, 0.5) is 4.39 Å². The molecule has 0 radical (unpaired) electrons. The predicted molar refractivity (Wildman–Crippen MR) is 96.6 cm³/mol. The van der Waals surface area contributed by atoms with Gasteiger partial charge in [-0.15, -0.1) is 0 Å². The van der Waals surface area contributed by atoms with E-state index < -0.39 is 0 Å². The molecule has 1 unspecified atom stereocenters. The summed E-state index contributed by atoms with van der Waals surface area (Å²) in [7, 11) is 0. The highest BCUT2D eigenvalue weighted by Gasteiger charge is 2.45. The number of aryl methyl sites for hydroxylation is 1. The predicted octanol–water partition coefficient (Wildman–Crippen LogP) is 3.59. The van der Waals surface area contributed by atoms with Crippen LogP contribution >= 0.6 is 0 Å². The van der Waals surface area contributed by atoms with Crippen LogP contribution in [0.2, 0.25) is 0 Å². The maximum absolute atomic E-state index is 13.3. The largest absolute Gasteiger partial charge is 0.332 e. The van der Waals surface area contributed by atoms with Crippen LogP contribution in [0.15, 0.2) is 42.5 Å². The van der Waals surface area contributed by atoms with Gasteiger partial charge in [0, 0.05) is 18.0 Å². The monoisotopic (exact) mass is 352 g/mol. The molecule has 1 aromatic carbocycles. The number of fused-ring (bicyclic) bond motifs is 1. The second-order valence-electron chi connectivity index (χ2n) is 7.34. The lowest BCUT2D eigenvalue weighted by molar-refractivity contribution is 0.0626. The fourth-order valence-electron chi connectivity index (χ4n) is 4.03. The summed E-state index contributed by atoms with van der Waals surface area (Å²) in [6.07, 6.45) is 0.844. The summed E-state index contributed by atoms with van der Waals surface area (Å²) >= 11 is 0. The molecule has 0 aliphatic carbocycles. The second kappa shape index (κ2) is 5.90. The zero-order valence-electron chi connectivity index (χ0n) is 15.1. The van der Waals surface area contributed by atoms with Crippen molar-refractivity contribution in [3.63, 3.8) is 0 Å². The number of carbonyl (C=O) groups excluding carboxylic acids is 1. The number of likely N-dealkylation sites (tertiary alicyclic amines) is 1. The van der Waals surface area contributed by atoms with E-state index >= 15 is 0 Å². The number of rotatable bonds is 2. The van der Waals surface area contributed by atoms with Crippen LogP contribution in [0, 0.1) is 12.7 Å². The summed E-state index contributed by atoms with van der Waals surface area (Å²) in [6, 6.07) is 12.0. The number of nitrogens with zero attached hydrogens (tertiary/aromatic N) is 4. The van der Waals surface area contributed by atoms with E-state index in [-0.39, 0.29) is 23.2 Å². The molecule has 1 atom stereocenters. The molecular formula is C20H21FN4O. The van der Waals surface area contributed by atoms with Gasteiger partial charge >= 0.3 is 0 Å². The standard InChI is InChI=1S/C20H21FN4O/c1-13-22-18-6-4-5-17(25(18)23-13)19(26)24-12-11-16(20(24,2)3)14-7-9-15(21)10-8-14/h4-10,16H,11-12H2,1-3H3. The lowest BCUT2D eigenvalue weighted by Crippen LogP contribution is -2.46. The smallest absolute Gasteiger partial charge is 0.273 e. The Balaban J connectivity index is 1.69. The third kappa shape index (κ3) is 2.57. The summed E-state index contributed by atoms with van der Waals surface area (Å²) in [4.78, 5) is 19.5. The molecule has 3 heterocycles. The van der Waals surface area contributed by atoms with Crippen LogP contribution in [0.3, 0.4) is 0 Å². The Bertz CT molecular complexity index is 977. The van der Waals surface area contributed by atoms with E-state index in [4.69, 9.17) is 0 Å². The van der Waals surface area contributed by atoms with Crippen LogP contribution in [0.25, 0.3) is 5.65 Å². The molecular weight excluding hydrogens is 331 g/mol. The maximum atomic E-state index is 13.3. The highest BCUT2D eigenvalue weighted by molar-refractivity contribution is 5.94. The number of hydrogen-bond acceptors (Lipinski definition) is 3. The van der Waals surface area contributed by atoms with Crippen LogP contribution in [-0.4, -0.2) is 37.5 Å². The Morgan fingerprint density at radius 3 is 2.65 bits per heavy atom. The van der Waals surface area contributed by atoms with E-state index in [2.05, 4.69) is 23.9 Å². The normalized spacial score (nSPS) is 19.2. The first kappa shape index (κ1) is 16.7. The number of pyridine rings is 1. The number of carbonyl (C=O) groups is 1. The number of hydrogen-bond donors (Lipinski definition) is 0. The molecule has 1 aliphatic rings. The Hall–Kier alpha value is -2.76. The third-order valence-electron chi connectivity index (χ3n) is 5.39. The van der Waals surface area contributed by atoms with Gasteiger partial charge in [0.05, 0.1) is 0 Å². The minimum Gasteiger partial charge on any atom is -0.332 e. The molecule has 6 heteroatoms. The van der Waals surface area contributed by atoms with Gasteiger partial charge in [0.2, 0.25) is 0 Å². The van der Waals surface area contributed by atoms with E-state index in [0.717, 1.165) is 12.0 Å². The Kier molecular flexibility index (Phi) is 3.79. The Morgan fingerprint density at radius 2 is 1.92 bits per heavy atom. The van der Waals surface area contributed by atoms with Crippen molar-refractivity contribution in [2.75, 3.05) is 6.54 Å². The van der Waals surface area contributed by atoms with Crippen molar-refractivity contribution in [1.29, 1.82) is 0 Å². The zero-order chi connectivity index (χ0) is 18.5. The van der Waals surface area contributed by atoms with Crippen molar-refractivity contribution in [2.24, 2.45) is 0 Å². The average molecular weight is 352 g/mol. The molecule has 134 valence electrons. The molecule has 1 amide bonds. The Labute approximate surface area is 151 Å². The maximum Gasteiger partial charge on any atom is 0.273 e. The molecule has 1 aliphatic heterocycles. The van der Waals surface area contributed by atoms with Gasteiger partial charge in [-0.3, -0.25) is 4.79 Å². The number of benzene rings is 1. The van der Waals surface area contributed by atoms with Gasteiger partial charge < -0.3 is 4.90 Å². The molecule has 26 heavy (non-hydrogen) atoms. The first-order valence-corrected chi connectivity index (χ1v) is 8.78. The zero-order valence-corrected chi connectivity index (χ0v) is 15.1. The quantitative estimate of drug-likeness (QED) is 0.708. The number of halogens is 1. The topological polar surface area (TPSA) is 50.5 Å². The summed E-state index contributed by atoms with van der Waals surface area (Å²) in [5.41, 5.74) is 1.85. The van der Waals surface area contributed by atoms with Gasteiger partial charge in [-0.25, -0.2) is 13.9 Å². The lowest BCUT2D eigenvalue weighted by Gasteiger charge is -2.36. The lowest BCUT2D eigenvalue weighted by atomic mass is 9.82. The highest BCUT2D eigenvalue weighted by atomic mass is 19.1.